The van der Waals surface area contributed by atoms with Gasteiger partial charge < -0.3 is 9.32 Å². The number of aryl methyl sites for hydroxylation is 1. The van der Waals surface area contributed by atoms with Crippen molar-refractivity contribution in [1.29, 1.82) is 0 Å². The minimum absolute atomic E-state index is 0.121. The van der Waals surface area contributed by atoms with Crippen LogP contribution in [0.1, 0.15) is 36.0 Å². The fourth-order valence-corrected chi connectivity index (χ4v) is 1.62. The highest BCUT2D eigenvalue weighted by atomic mass is 35.5. The van der Waals surface area contributed by atoms with E-state index in [1.807, 2.05) is 0 Å². The number of unbranched alkanes of at least 4 members (excludes halogenated alkanes) is 1. The van der Waals surface area contributed by atoms with E-state index in [0.717, 1.165) is 12.8 Å². The SMILES string of the molecule is CCCCN(CCCl)C(=O)c1ocnc1C. The highest BCUT2D eigenvalue weighted by molar-refractivity contribution is 6.18. The zero-order valence-electron chi connectivity index (χ0n) is 9.70. The highest BCUT2D eigenvalue weighted by Gasteiger charge is 2.20. The van der Waals surface area contributed by atoms with Crippen LogP contribution in [0.4, 0.5) is 0 Å². The molecule has 0 aliphatic heterocycles. The van der Waals surface area contributed by atoms with Crippen LogP contribution in [0.2, 0.25) is 0 Å². The van der Waals surface area contributed by atoms with E-state index in [4.69, 9.17) is 16.0 Å². The van der Waals surface area contributed by atoms with E-state index >= 15 is 0 Å². The van der Waals surface area contributed by atoms with Gasteiger partial charge in [0.15, 0.2) is 6.39 Å². The summed E-state index contributed by atoms with van der Waals surface area (Å²) in [6.45, 7) is 5.10. The Bertz CT molecular complexity index is 338. The first-order chi connectivity index (χ1) is 7.70. The van der Waals surface area contributed by atoms with E-state index in [9.17, 15) is 4.79 Å². The number of aromatic nitrogens is 1. The number of amides is 1. The molecule has 5 heteroatoms. The van der Waals surface area contributed by atoms with Gasteiger partial charge in [-0.05, 0) is 13.3 Å². The zero-order valence-corrected chi connectivity index (χ0v) is 10.5. The average molecular weight is 245 g/mol. The predicted octanol–water partition coefficient (Wildman–Crippen LogP) is 2.46. The van der Waals surface area contributed by atoms with Crippen LogP contribution in [0.25, 0.3) is 0 Å². The lowest BCUT2D eigenvalue weighted by atomic mass is 10.2. The molecule has 1 heterocycles. The van der Waals surface area contributed by atoms with E-state index in [2.05, 4.69) is 11.9 Å². The van der Waals surface area contributed by atoms with Crippen molar-refractivity contribution >= 4 is 17.5 Å². The van der Waals surface area contributed by atoms with Crippen LogP contribution in [-0.4, -0.2) is 34.8 Å². The fraction of sp³-hybridized carbons (Fsp3) is 0.636. The van der Waals surface area contributed by atoms with Crippen LogP contribution in [0.5, 0.6) is 0 Å². The molecule has 0 aliphatic carbocycles. The number of rotatable bonds is 6. The van der Waals surface area contributed by atoms with Gasteiger partial charge in [-0.25, -0.2) is 4.98 Å². The van der Waals surface area contributed by atoms with Gasteiger partial charge in [-0.1, -0.05) is 13.3 Å². The lowest BCUT2D eigenvalue weighted by molar-refractivity contribution is 0.0730. The molecule has 0 spiro atoms. The predicted molar refractivity (Wildman–Crippen MR) is 62.8 cm³/mol. The topological polar surface area (TPSA) is 46.3 Å². The van der Waals surface area contributed by atoms with Gasteiger partial charge in [0.05, 0.1) is 5.69 Å². The Morgan fingerprint density at radius 3 is 2.81 bits per heavy atom. The summed E-state index contributed by atoms with van der Waals surface area (Å²) in [5, 5.41) is 0. The van der Waals surface area contributed by atoms with Gasteiger partial charge in [0.25, 0.3) is 5.91 Å². The molecule has 90 valence electrons. The molecule has 0 N–H and O–H groups in total. The molecule has 0 saturated carbocycles. The highest BCUT2D eigenvalue weighted by Crippen LogP contribution is 2.10. The number of carbonyl (C=O) groups is 1. The molecule has 0 bridgehead atoms. The number of halogens is 1. The monoisotopic (exact) mass is 244 g/mol. The number of alkyl halides is 1. The summed E-state index contributed by atoms with van der Waals surface area (Å²) in [6.07, 6.45) is 3.30. The first-order valence-corrected chi connectivity index (χ1v) is 5.99. The van der Waals surface area contributed by atoms with Crippen LogP contribution >= 0.6 is 11.6 Å². The van der Waals surface area contributed by atoms with E-state index in [0.29, 0.717) is 30.4 Å². The first-order valence-electron chi connectivity index (χ1n) is 5.46. The van der Waals surface area contributed by atoms with Gasteiger partial charge in [0.2, 0.25) is 5.76 Å². The number of oxazole rings is 1. The molecule has 4 nitrogen and oxygen atoms in total. The van der Waals surface area contributed by atoms with E-state index in [1.54, 1.807) is 11.8 Å². The average Bonchev–Trinajstić information content (AvgIpc) is 2.69. The molecular formula is C11H17ClN2O2. The first kappa shape index (κ1) is 13.0. The minimum Gasteiger partial charge on any atom is -0.438 e. The summed E-state index contributed by atoms with van der Waals surface area (Å²) in [5.74, 6) is 0.633. The summed E-state index contributed by atoms with van der Waals surface area (Å²) in [5.41, 5.74) is 0.626. The molecule has 0 atom stereocenters. The maximum atomic E-state index is 12.1. The van der Waals surface area contributed by atoms with Crippen molar-refractivity contribution in [3.63, 3.8) is 0 Å². The molecule has 0 fully saturated rings. The Balaban J connectivity index is 2.70. The van der Waals surface area contributed by atoms with Crippen molar-refractivity contribution in [3.8, 4) is 0 Å². The molecule has 1 aromatic heterocycles. The summed E-state index contributed by atoms with van der Waals surface area (Å²) < 4.78 is 5.09. The molecule has 0 aromatic carbocycles. The van der Waals surface area contributed by atoms with Gasteiger partial charge in [0.1, 0.15) is 0 Å². The smallest absolute Gasteiger partial charge is 0.291 e. The Morgan fingerprint density at radius 1 is 1.56 bits per heavy atom. The zero-order chi connectivity index (χ0) is 12.0. The van der Waals surface area contributed by atoms with E-state index < -0.39 is 0 Å². The molecule has 0 aliphatic rings. The van der Waals surface area contributed by atoms with E-state index in [-0.39, 0.29) is 5.91 Å². The number of hydrogen-bond acceptors (Lipinski definition) is 3. The Kier molecular flexibility index (Phi) is 5.32. The van der Waals surface area contributed by atoms with Gasteiger partial charge in [0, 0.05) is 19.0 Å². The molecule has 1 aromatic rings. The van der Waals surface area contributed by atoms with Crippen molar-refractivity contribution in [1.82, 2.24) is 9.88 Å². The summed E-state index contributed by atoms with van der Waals surface area (Å²) in [7, 11) is 0. The molecule has 0 radical (unpaired) electrons. The molecule has 0 saturated heterocycles. The fourth-order valence-electron chi connectivity index (χ4n) is 1.42. The van der Waals surface area contributed by atoms with Crippen LogP contribution in [0.3, 0.4) is 0 Å². The number of nitrogens with zero attached hydrogens (tertiary/aromatic N) is 2. The maximum Gasteiger partial charge on any atom is 0.291 e. The third kappa shape index (κ3) is 3.23. The minimum atomic E-state index is -0.121. The lowest BCUT2D eigenvalue weighted by Crippen LogP contribution is -2.33. The second kappa shape index (κ2) is 6.53. The van der Waals surface area contributed by atoms with Crippen molar-refractivity contribution in [2.24, 2.45) is 0 Å². The number of carbonyl (C=O) groups excluding carboxylic acids is 1. The quantitative estimate of drug-likeness (QED) is 0.723. The summed E-state index contributed by atoms with van der Waals surface area (Å²) >= 11 is 5.68. The van der Waals surface area contributed by atoms with Crippen LogP contribution in [0, 0.1) is 6.92 Å². The number of hydrogen-bond donors (Lipinski definition) is 0. The van der Waals surface area contributed by atoms with Crippen molar-refractivity contribution in [3.05, 3.63) is 17.8 Å². The van der Waals surface area contributed by atoms with Crippen LogP contribution < -0.4 is 0 Å². The Morgan fingerprint density at radius 2 is 2.31 bits per heavy atom. The largest absolute Gasteiger partial charge is 0.438 e. The molecule has 1 rings (SSSR count). The lowest BCUT2D eigenvalue weighted by Gasteiger charge is -2.20. The van der Waals surface area contributed by atoms with Gasteiger partial charge in [-0.3, -0.25) is 4.79 Å². The molecule has 0 unspecified atom stereocenters. The maximum absolute atomic E-state index is 12.1. The van der Waals surface area contributed by atoms with Gasteiger partial charge in [-0.2, -0.15) is 0 Å². The summed E-state index contributed by atoms with van der Waals surface area (Å²) in [4.78, 5) is 17.7. The van der Waals surface area contributed by atoms with Crippen molar-refractivity contribution in [2.45, 2.75) is 26.7 Å². The van der Waals surface area contributed by atoms with E-state index in [1.165, 1.54) is 6.39 Å². The second-order valence-electron chi connectivity index (χ2n) is 3.60. The third-order valence-corrected chi connectivity index (χ3v) is 2.53. The standard InChI is InChI=1S/C11H17ClN2O2/c1-3-4-6-14(7-5-12)11(15)10-9(2)13-8-16-10/h8H,3-7H2,1-2H3. The Hall–Kier alpha value is -1.03. The molecular weight excluding hydrogens is 228 g/mol. The van der Waals surface area contributed by atoms with Gasteiger partial charge in [-0.15, -0.1) is 11.6 Å². The Labute approximate surface area is 101 Å². The molecule has 1 amide bonds. The second-order valence-corrected chi connectivity index (χ2v) is 3.98. The van der Waals surface area contributed by atoms with Crippen LogP contribution in [-0.2, 0) is 0 Å². The normalized spacial score (nSPS) is 10.4. The summed E-state index contributed by atoms with van der Waals surface area (Å²) in [6, 6.07) is 0. The van der Waals surface area contributed by atoms with Crippen molar-refractivity contribution in [2.75, 3.05) is 19.0 Å². The molecule has 16 heavy (non-hydrogen) atoms. The van der Waals surface area contributed by atoms with Gasteiger partial charge >= 0.3 is 0 Å². The third-order valence-electron chi connectivity index (χ3n) is 2.36. The van der Waals surface area contributed by atoms with Crippen molar-refractivity contribution < 1.29 is 9.21 Å². The van der Waals surface area contributed by atoms with Crippen LogP contribution in [0.15, 0.2) is 10.8 Å².